The first-order valence-electron chi connectivity index (χ1n) is 4.04. The number of primary amides is 1. The van der Waals surface area contributed by atoms with Crippen LogP contribution in [-0.4, -0.2) is 6.03 Å². The van der Waals surface area contributed by atoms with E-state index in [9.17, 15) is 18.0 Å². The number of nitrogens with two attached hydrogens (primary N) is 1. The van der Waals surface area contributed by atoms with Crippen molar-refractivity contribution in [2.45, 2.75) is 13.1 Å². The van der Waals surface area contributed by atoms with Crippen LogP contribution in [0.3, 0.4) is 0 Å². The number of benzene rings is 1. The summed E-state index contributed by atoms with van der Waals surface area (Å²) >= 11 is 0. The van der Waals surface area contributed by atoms with E-state index in [4.69, 9.17) is 5.73 Å². The van der Waals surface area contributed by atoms with Gasteiger partial charge in [0.2, 0.25) is 0 Å². The molecule has 3 N–H and O–H groups in total. The van der Waals surface area contributed by atoms with Gasteiger partial charge < -0.3 is 11.1 Å². The number of alkyl halides is 3. The van der Waals surface area contributed by atoms with Gasteiger partial charge in [0.1, 0.15) is 0 Å². The van der Waals surface area contributed by atoms with Crippen molar-refractivity contribution in [1.29, 1.82) is 0 Å². The summed E-state index contributed by atoms with van der Waals surface area (Å²) in [6.07, 6.45) is -4.43. The lowest BCUT2D eigenvalue weighted by Crippen LogP contribution is -2.19. The minimum Gasteiger partial charge on any atom is -0.351 e. The molecule has 1 aromatic rings. The fourth-order valence-corrected chi connectivity index (χ4v) is 1.16. The van der Waals surface area contributed by atoms with Crippen LogP contribution < -0.4 is 11.1 Å². The van der Waals surface area contributed by atoms with Gasteiger partial charge in [-0.3, -0.25) is 0 Å². The number of urea groups is 1. The number of amides is 2. The monoisotopic (exact) mass is 218 g/mol. The quantitative estimate of drug-likeness (QED) is 0.747. The van der Waals surface area contributed by atoms with Crippen molar-refractivity contribution in [3.63, 3.8) is 0 Å². The third-order valence-corrected chi connectivity index (χ3v) is 1.67. The maximum absolute atomic E-state index is 12.3. The van der Waals surface area contributed by atoms with Gasteiger partial charge in [0.25, 0.3) is 0 Å². The number of aryl methyl sites for hydroxylation is 1. The van der Waals surface area contributed by atoms with Crippen molar-refractivity contribution in [2.75, 3.05) is 5.32 Å². The number of carbonyl (C=O) groups is 1. The second-order valence-electron chi connectivity index (χ2n) is 3.07. The SMILES string of the molecule is Cc1cc(NC(N)=O)cc(C(F)(F)F)c1. The summed E-state index contributed by atoms with van der Waals surface area (Å²) in [5, 5.41) is 2.10. The minimum atomic E-state index is -4.43. The van der Waals surface area contributed by atoms with E-state index in [1.807, 2.05) is 0 Å². The van der Waals surface area contributed by atoms with Crippen LogP contribution in [0, 0.1) is 6.92 Å². The van der Waals surface area contributed by atoms with Crippen LogP contribution >= 0.6 is 0 Å². The van der Waals surface area contributed by atoms with Gasteiger partial charge in [-0.25, -0.2) is 4.79 Å². The fraction of sp³-hybridized carbons (Fsp3) is 0.222. The highest BCUT2D eigenvalue weighted by atomic mass is 19.4. The van der Waals surface area contributed by atoms with E-state index in [0.717, 1.165) is 12.1 Å². The Morgan fingerprint density at radius 1 is 1.33 bits per heavy atom. The largest absolute Gasteiger partial charge is 0.416 e. The molecular weight excluding hydrogens is 209 g/mol. The van der Waals surface area contributed by atoms with Gasteiger partial charge >= 0.3 is 12.2 Å². The van der Waals surface area contributed by atoms with Gasteiger partial charge in [-0.15, -0.1) is 0 Å². The van der Waals surface area contributed by atoms with Crippen molar-refractivity contribution in [2.24, 2.45) is 5.73 Å². The molecule has 0 aromatic heterocycles. The van der Waals surface area contributed by atoms with Crippen molar-refractivity contribution in [1.82, 2.24) is 0 Å². The first kappa shape index (κ1) is 11.4. The van der Waals surface area contributed by atoms with Gasteiger partial charge in [0.05, 0.1) is 5.56 Å². The molecule has 0 aliphatic rings. The van der Waals surface area contributed by atoms with E-state index in [1.54, 1.807) is 0 Å². The Morgan fingerprint density at radius 3 is 2.40 bits per heavy atom. The third kappa shape index (κ3) is 3.16. The molecule has 6 heteroatoms. The van der Waals surface area contributed by atoms with Crippen molar-refractivity contribution < 1.29 is 18.0 Å². The van der Waals surface area contributed by atoms with Crippen LogP contribution in [0.25, 0.3) is 0 Å². The van der Waals surface area contributed by atoms with E-state index in [2.05, 4.69) is 5.32 Å². The topological polar surface area (TPSA) is 55.1 Å². The molecule has 0 aliphatic carbocycles. The van der Waals surface area contributed by atoms with Crippen molar-refractivity contribution in [3.8, 4) is 0 Å². The molecule has 0 saturated carbocycles. The first-order chi connectivity index (χ1) is 6.79. The molecule has 82 valence electrons. The maximum Gasteiger partial charge on any atom is 0.416 e. The van der Waals surface area contributed by atoms with E-state index in [1.165, 1.54) is 13.0 Å². The molecule has 0 heterocycles. The van der Waals surface area contributed by atoms with E-state index >= 15 is 0 Å². The second kappa shape index (κ2) is 3.80. The predicted molar refractivity (Wildman–Crippen MR) is 49.4 cm³/mol. The van der Waals surface area contributed by atoms with Crippen LogP contribution in [0.4, 0.5) is 23.7 Å². The average molecular weight is 218 g/mol. The molecule has 0 saturated heterocycles. The van der Waals surface area contributed by atoms with Crippen LogP contribution in [0.5, 0.6) is 0 Å². The lowest BCUT2D eigenvalue weighted by atomic mass is 10.1. The summed E-state index contributed by atoms with van der Waals surface area (Å²) in [5.74, 6) is 0. The lowest BCUT2D eigenvalue weighted by Gasteiger charge is -2.10. The molecule has 0 spiro atoms. The molecule has 0 aliphatic heterocycles. The number of nitrogens with one attached hydrogen (secondary N) is 1. The number of anilines is 1. The summed E-state index contributed by atoms with van der Waals surface area (Å²) in [6.45, 7) is 1.50. The van der Waals surface area contributed by atoms with Crippen LogP contribution in [0.1, 0.15) is 11.1 Å². The highest BCUT2D eigenvalue weighted by Crippen LogP contribution is 2.31. The highest BCUT2D eigenvalue weighted by molar-refractivity contribution is 5.88. The Labute approximate surface area is 84.1 Å². The summed E-state index contributed by atoms with van der Waals surface area (Å²) < 4.78 is 37.0. The highest BCUT2D eigenvalue weighted by Gasteiger charge is 2.30. The zero-order valence-electron chi connectivity index (χ0n) is 7.85. The Balaban J connectivity index is 3.11. The van der Waals surface area contributed by atoms with Crippen LogP contribution in [0.15, 0.2) is 18.2 Å². The van der Waals surface area contributed by atoms with Gasteiger partial charge in [-0.2, -0.15) is 13.2 Å². The zero-order chi connectivity index (χ0) is 11.6. The molecule has 0 radical (unpaired) electrons. The van der Waals surface area contributed by atoms with E-state index in [-0.39, 0.29) is 5.69 Å². The summed E-state index contributed by atoms with van der Waals surface area (Å²) in [6, 6.07) is 2.33. The minimum absolute atomic E-state index is 0.0369. The van der Waals surface area contributed by atoms with Gasteiger partial charge in [0.15, 0.2) is 0 Å². The fourth-order valence-electron chi connectivity index (χ4n) is 1.16. The number of carbonyl (C=O) groups excluding carboxylic acids is 1. The molecule has 1 aromatic carbocycles. The second-order valence-corrected chi connectivity index (χ2v) is 3.07. The summed E-state index contributed by atoms with van der Waals surface area (Å²) in [7, 11) is 0. The van der Waals surface area contributed by atoms with Crippen LogP contribution in [-0.2, 0) is 6.18 Å². The summed E-state index contributed by atoms with van der Waals surface area (Å²) in [4.78, 5) is 10.5. The number of hydrogen-bond donors (Lipinski definition) is 2. The van der Waals surface area contributed by atoms with Crippen LogP contribution in [0.2, 0.25) is 0 Å². The van der Waals surface area contributed by atoms with Gasteiger partial charge in [0, 0.05) is 5.69 Å². The molecule has 0 atom stereocenters. The Bertz CT molecular complexity index is 387. The number of rotatable bonds is 1. The maximum atomic E-state index is 12.3. The number of halogens is 3. The molecule has 15 heavy (non-hydrogen) atoms. The van der Waals surface area contributed by atoms with Gasteiger partial charge in [-0.05, 0) is 30.7 Å². The lowest BCUT2D eigenvalue weighted by molar-refractivity contribution is -0.137. The molecule has 2 amide bonds. The molecule has 1 rings (SSSR count). The smallest absolute Gasteiger partial charge is 0.351 e. The number of hydrogen-bond acceptors (Lipinski definition) is 1. The van der Waals surface area contributed by atoms with Crippen molar-refractivity contribution >= 4 is 11.7 Å². The van der Waals surface area contributed by atoms with E-state index in [0.29, 0.717) is 5.56 Å². The van der Waals surface area contributed by atoms with Gasteiger partial charge in [-0.1, -0.05) is 0 Å². The van der Waals surface area contributed by atoms with E-state index < -0.39 is 17.8 Å². The molecule has 3 nitrogen and oxygen atoms in total. The Hall–Kier alpha value is -1.72. The standard InChI is InChI=1S/C9H9F3N2O/c1-5-2-6(9(10,11)12)4-7(3-5)14-8(13)15/h2-4H,1H3,(H3,13,14,15). The predicted octanol–water partition coefficient (Wildman–Crippen LogP) is 2.50. The van der Waals surface area contributed by atoms with Crippen molar-refractivity contribution in [3.05, 3.63) is 29.3 Å². The Morgan fingerprint density at radius 2 is 1.93 bits per heavy atom. The normalized spacial score (nSPS) is 11.2. The molecular formula is C9H9F3N2O. The molecule has 0 bridgehead atoms. The summed E-state index contributed by atoms with van der Waals surface area (Å²) in [5.41, 5.74) is 4.42. The zero-order valence-corrected chi connectivity index (χ0v) is 7.85. The average Bonchev–Trinajstić information content (AvgIpc) is 1.99. The third-order valence-electron chi connectivity index (χ3n) is 1.67. The molecule has 0 unspecified atom stereocenters. The first-order valence-corrected chi connectivity index (χ1v) is 4.04. The Kier molecular flexibility index (Phi) is 2.88. The molecule has 0 fully saturated rings.